The molecule has 1 aliphatic rings. The van der Waals surface area contributed by atoms with Crippen LogP contribution >= 0.6 is 0 Å². The Bertz CT molecular complexity index is 441. The molecule has 1 aromatic rings. The van der Waals surface area contributed by atoms with Gasteiger partial charge in [-0.15, -0.1) is 0 Å². The quantitative estimate of drug-likeness (QED) is 0.621. The standard InChI is InChI=1S/C13H14O4/c14-10-5-3-9(4-6-10)11(15)13(12(16)17)7-1-2-8-13/h3-6,14H,1-2,7-8H2,(H,16,17). The average Bonchev–Trinajstić information content (AvgIpc) is 2.79. The predicted molar refractivity (Wildman–Crippen MR) is 61.0 cm³/mol. The number of hydrogen-bond donors (Lipinski definition) is 2. The molecule has 1 fully saturated rings. The monoisotopic (exact) mass is 234 g/mol. The lowest BCUT2D eigenvalue weighted by Crippen LogP contribution is -2.36. The van der Waals surface area contributed by atoms with Gasteiger partial charge < -0.3 is 10.2 Å². The summed E-state index contributed by atoms with van der Waals surface area (Å²) in [4.78, 5) is 23.6. The fourth-order valence-corrected chi connectivity index (χ4v) is 2.41. The van der Waals surface area contributed by atoms with E-state index >= 15 is 0 Å². The van der Waals surface area contributed by atoms with Gasteiger partial charge in [0.05, 0.1) is 0 Å². The molecule has 0 atom stereocenters. The number of phenolic OH excluding ortho intramolecular Hbond substituents is 1. The molecule has 1 aliphatic carbocycles. The Morgan fingerprint density at radius 1 is 1.06 bits per heavy atom. The van der Waals surface area contributed by atoms with Crippen LogP contribution in [0.5, 0.6) is 5.75 Å². The third-order valence-corrected chi connectivity index (χ3v) is 3.43. The highest BCUT2D eigenvalue weighted by Crippen LogP contribution is 2.41. The summed E-state index contributed by atoms with van der Waals surface area (Å²) in [5.74, 6) is -1.31. The molecule has 4 nitrogen and oxygen atoms in total. The summed E-state index contributed by atoms with van der Waals surface area (Å²) in [6, 6.07) is 5.75. The molecular formula is C13H14O4. The summed E-state index contributed by atoms with van der Waals surface area (Å²) in [5, 5.41) is 18.4. The number of phenols is 1. The Kier molecular flexibility index (Phi) is 2.88. The third kappa shape index (κ3) is 1.90. The fraction of sp³-hybridized carbons (Fsp3) is 0.385. The second-order valence-electron chi connectivity index (χ2n) is 4.47. The van der Waals surface area contributed by atoms with Crippen LogP contribution in [-0.2, 0) is 4.79 Å². The van der Waals surface area contributed by atoms with Gasteiger partial charge in [-0.1, -0.05) is 12.8 Å². The maximum atomic E-state index is 12.3. The molecule has 0 bridgehead atoms. The second-order valence-corrected chi connectivity index (χ2v) is 4.47. The first-order valence-electron chi connectivity index (χ1n) is 5.63. The minimum absolute atomic E-state index is 0.0670. The maximum absolute atomic E-state index is 12.3. The van der Waals surface area contributed by atoms with E-state index in [2.05, 4.69) is 0 Å². The summed E-state index contributed by atoms with van der Waals surface area (Å²) in [6.45, 7) is 0. The van der Waals surface area contributed by atoms with E-state index in [1.54, 1.807) is 0 Å². The predicted octanol–water partition coefficient (Wildman–Crippen LogP) is 2.22. The fourth-order valence-electron chi connectivity index (χ4n) is 2.41. The highest BCUT2D eigenvalue weighted by atomic mass is 16.4. The van der Waals surface area contributed by atoms with Crippen LogP contribution in [0.1, 0.15) is 36.0 Å². The zero-order chi connectivity index (χ0) is 12.5. The van der Waals surface area contributed by atoms with E-state index in [4.69, 9.17) is 5.11 Å². The van der Waals surface area contributed by atoms with Crippen LogP contribution in [0.3, 0.4) is 0 Å². The van der Waals surface area contributed by atoms with Gasteiger partial charge in [0.15, 0.2) is 5.78 Å². The number of ketones is 1. The number of carboxylic acids is 1. The van der Waals surface area contributed by atoms with Crippen molar-refractivity contribution < 1.29 is 19.8 Å². The lowest BCUT2D eigenvalue weighted by atomic mass is 9.79. The van der Waals surface area contributed by atoms with Gasteiger partial charge in [-0.2, -0.15) is 0 Å². The van der Waals surface area contributed by atoms with E-state index in [0.29, 0.717) is 18.4 Å². The van der Waals surface area contributed by atoms with Gasteiger partial charge >= 0.3 is 5.97 Å². The van der Waals surface area contributed by atoms with Crippen molar-refractivity contribution in [1.29, 1.82) is 0 Å². The molecule has 1 saturated carbocycles. The Balaban J connectivity index is 2.35. The number of benzene rings is 1. The summed E-state index contributed by atoms with van der Waals surface area (Å²) in [6.07, 6.45) is 2.36. The molecule has 0 spiro atoms. The third-order valence-electron chi connectivity index (χ3n) is 3.43. The maximum Gasteiger partial charge on any atom is 0.317 e. The van der Waals surface area contributed by atoms with Crippen molar-refractivity contribution in [2.75, 3.05) is 0 Å². The molecule has 0 amide bonds. The summed E-state index contributed by atoms with van der Waals surface area (Å²) in [5.41, 5.74) is -0.899. The van der Waals surface area contributed by atoms with Gasteiger partial charge in [-0.05, 0) is 37.1 Å². The largest absolute Gasteiger partial charge is 0.508 e. The van der Waals surface area contributed by atoms with Crippen molar-refractivity contribution in [3.8, 4) is 5.75 Å². The number of carbonyl (C=O) groups excluding carboxylic acids is 1. The van der Waals surface area contributed by atoms with Crippen molar-refractivity contribution in [3.05, 3.63) is 29.8 Å². The van der Waals surface area contributed by atoms with E-state index < -0.39 is 11.4 Å². The Labute approximate surface area is 98.9 Å². The van der Waals surface area contributed by atoms with Crippen molar-refractivity contribution in [2.45, 2.75) is 25.7 Å². The van der Waals surface area contributed by atoms with Crippen LogP contribution in [0.2, 0.25) is 0 Å². The van der Waals surface area contributed by atoms with Crippen LogP contribution in [0.25, 0.3) is 0 Å². The highest BCUT2D eigenvalue weighted by Gasteiger charge is 2.48. The molecule has 0 saturated heterocycles. The van der Waals surface area contributed by atoms with E-state index in [9.17, 15) is 14.7 Å². The first-order chi connectivity index (χ1) is 8.06. The highest BCUT2D eigenvalue weighted by molar-refractivity contribution is 6.12. The molecule has 2 N–H and O–H groups in total. The lowest BCUT2D eigenvalue weighted by Gasteiger charge is -2.21. The molecule has 4 heteroatoms. The number of aliphatic carboxylic acids is 1. The van der Waals surface area contributed by atoms with E-state index in [-0.39, 0.29) is 11.5 Å². The lowest BCUT2D eigenvalue weighted by molar-refractivity contribution is -0.145. The van der Waals surface area contributed by atoms with Crippen LogP contribution in [-0.4, -0.2) is 22.0 Å². The summed E-state index contributed by atoms with van der Waals surface area (Å²) >= 11 is 0. The first-order valence-corrected chi connectivity index (χ1v) is 5.63. The number of aromatic hydroxyl groups is 1. The van der Waals surface area contributed by atoms with Gasteiger partial charge in [-0.25, -0.2) is 0 Å². The molecule has 0 unspecified atom stereocenters. The molecule has 1 aromatic carbocycles. The van der Waals surface area contributed by atoms with Gasteiger partial charge in [0.2, 0.25) is 0 Å². The second kappa shape index (κ2) is 4.20. The molecule has 17 heavy (non-hydrogen) atoms. The molecule has 2 rings (SSSR count). The van der Waals surface area contributed by atoms with Gasteiger partial charge in [-0.3, -0.25) is 9.59 Å². The number of carboxylic acid groups (broad SMARTS) is 1. The van der Waals surface area contributed by atoms with E-state index in [0.717, 1.165) is 12.8 Å². The van der Waals surface area contributed by atoms with Gasteiger partial charge in [0, 0.05) is 5.56 Å². The van der Waals surface area contributed by atoms with Crippen molar-refractivity contribution in [2.24, 2.45) is 5.41 Å². The number of hydrogen-bond acceptors (Lipinski definition) is 3. The van der Waals surface area contributed by atoms with Gasteiger partial charge in [0.1, 0.15) is 11.2 Å². The first kappa shape index (κ1) is 11.6. The average molecular weight is 234 g/mol. The molecule has 0 aliphatic heterocycles. The SMILES string of the molecule is O=C(O)C1(C(=O)c2ccc(O)cc2)CCCC1. The topological polar surface area (TPSA) is 74.6 Å². The minimum Gasteiger partial charge on any atom is -0.508 e. The van der Waals surface area contributed by atoms with E-state index in [1.165, 1.54) is 24.3 Å². The van der Waals surface area contributed by atoms with Gasteiger partial charge in [0.25, 0.3) is 0 Å². The van der Waals surface area contributed by atoms with Crippen LogP contribution in [0.4, 0.5) is 0 Å². The molecular weight excluding hydrogens is 220 g/mol. The molecule has 90 valence electrons. The number of rotatable bonds is 3. The van der Waals surface area contributed by atoms with Crippen molar-refractivity contribution >= 4 is 11.8 Å². The molecule has 0 heterocycles. The van der Waals surface area contributed by atoms with Crippen LogP contribution < -0.4 is 0 Å². The number of Topliss-reactive ketones (excluding diaryl/α,β-unsaturated/α-hetero) is 1. The number of carbonyl (C=O) groups is 2. The van der Waals surface area contributed by atoms with E-state index in [1.807, 2.05) is 0 Å². The molecule has 0 radical (unpaired) electrons. The summed E-state index contributed by atoms with van der Waals surface area (Å²) in [7, 11) is 0. The zero-order valence-corrected chi connectivity index (χ0v) is 9.35. The summed E-state index contributed by atoms with van der Waals surface area (Å²) < 4.78 is 0. The smallest absolute Gasteiger partial charge is 0.317 e. The minimum atomic E-state index is -1.25. The Morgan fingerprint density at radius 3 is 2.06 bits per heavy atom. The van der Waals surface area contributed by atoms with Crippen molar-refractivity contribution in [1.82, 2.24) is 0 Å². The van der Waals surface area contributed by atoms with Crippen molar-refractivity contribution in [3.63, 3.8) is 0 Å². The molecule has 0 aromatic heterocycles. The van der Waals surface area contributed by atoms with Crippen LogP contribution in [0, 0.1) is 5.41 Å². The normalized spacial score (nSPS) is 17.9. The Hall–Kier alpha value is -1.84. The zero-order valence-electron chi connectivity index (χ0n) is 9.35. The Morgan fingerprint density at radius 2 is 1.59 bits per heavy atom. The van der Waals surface area contributed by atoms with Crippen LogP contribution in [0.15, 0.2) is 24.3 Å².